The number of fused-ring (bicyclic) bond motifs is 1. The van der Waals surface area contributed by atoms with E-state index in [0.29, 0.717) is 13.0 Å². The summed E-state index contributed by atoms with van der Waals surface area (Å²) in [5.74, 6) is 1.36. The maximum absolute atomic E-state index is 11.0. The molecule has 0 saturated heterocycles. The maximum Gasteiger partial charge on any atom is 0.219 e. The standard InChI is InChI=1S/C17H17N3O2/c1-22-14-6-4-12(5-7-14)15-11-13-3-2-9-20(17(13)19-15)10-8-16(18)21/h2-7,9,11H,8,10H2,1H3,(H2,18,21). The average Bonchev–Trinajstić information content (AvgIpc) is 2.97. The van der Waals surface area contributed by atoms with Gasteiger partial charge in [-0.25, -0.2) is 4.98 Å². The molecule has 3 rings (SSSR count). The number of hydrogen-bond acceptors (Lipinski definition) is 3. The van der Waals surface area contributed by atoms with Crippen LogP contribution in [0.3, 0.4) is 0 Å². The predicted molar refractivity (Wildman–Crippen MR) is 84.6 cm³/mol. The molecule has 0 bridgehead atoms. The van der Waals surface area contributed by atoms with Gasteiger partial charge in [0, 0.05) is 30.3 Å². The van der Waals surface area contributed by atoms with Crippen LogP contribution >= 0.6 is 0 Å². The molecule has 0 fully saturated rings. The van der Waals surface area contributed by atoms with Crippen molar-refractivity contribution in [1.82, 2.24) is 9.55 Å². The first-order chi connectivity index (χ1) is 10.7. The average molecular weight is 295 g/mol. The van der Waals surface area contributed by atoms with Crippen molar-refractivity contribution in [3.63, 3.8) is 0 Å². The lowest BCUT2D eigenvalue weighted by Crippen LogP contribution is -2.14. The molecule has 0 atom stereocenters. The van der Waals surface area contributed by atoms with E-state index in [9.17, 15) is 4.79 Å². The van der Waals surface area contributed by atoms with Crippen LogP contribution in [0.1, 0.15) is 6.42 Å². The number of nitrogens with zero attached hydrogens (tertiary/aromatic N) is 2. The lowest BCUT2D eigenvalue weighted by Gasteiger charge is -2.09. The summed E-state index contributed by atoms with van der Waals surface area (Å²) >= 11 is 0. The molecular weight excluding hydrogens is 278 g/mol. The number of aromatic nitrogens is 2. The Balaban J connectivity index is 1.96. The molecule has 0 aromatic heterocycles. The van der Waals surface area contributed by atoms with Crippen LogP contribution in [0.25, 0.3) is 22.6 Å². The molecule has 2 aliphatic rings. The van der Waals surface area contributed by atoms with Gasteiger partial charge in [-0.15, -0.1) is 0 Å². The summed E-state index contributed by atoms with van der Waals surface area (Å²) in [6.07, 6.45) is 2.21. The number of primary amides is 1. The lowest BCUT2D eigenvalue weighted by atomic mass is 10.1. The van der Waals surface area contributed by atoms with Crippen LogP contribution in [0.2, 0.25) is 0 Å². The molecule has 2 N–H and O–H groups in total. The van der Waals surface area contributed by atoms with Crippen molar-refractivity contribution in [3.8, 4) is 28.4 Å². The van der Waals surface area contributed by atoms with Crippen LogP contribution in [-0.2, 0) is 11.3 Å². The Morgan fingerprint density at radius 2 is 2.00 bits per heavy atom. The number of carbonyl (C=O) groups is 1. The van der Waals surface area contributed by atoms with Gasteiger partial charge in [0.15, 0.2) is 0 Å². The largest absolute Gasteiger partial charge is 0.497 e. The molecule has 0 spiro atoms. The third-order valence-corrected chi connectivity index (χ3v) is 3.58. The van der Waals surface area contributed by atoms with E-state index in [-0.39, 0.29) is 5.91 Å². The zero-order valence-corrected chi connectivity index (χ0v) is 12.3. The summed E-state index contributed by atoms with van der Waals surface area (Å²) < 4.78 is 7.12. The van der Waals surface area contributed by atoms with E-state index in [0.717, 1.165) is 28.4 Å². The van der Waals surface area contributed by atoms with E-state index in [4.69, 9.17) is 10.5 Å². The van der Waals surface area contributed by atoms with Crippen molar-refractivity contribution in [2.45, 2.75) is 13.0 Å². The van der Waals surface area contributed by atoms with E-state index in [1.807, 2.05) is 53.2 Å². The number of hydrogen-bond donors (Lipinski definition) is 1. The number of nitrogens with two attached hydrogens (primary N) is 1. The summed E-state index contributed by atoms with van der Waals surface area (Å²) in [7, 11) is 1.64. The molecule has 5 heteroatoms. The maximum atomic E-state index is 11.0. The Labute approximate surface area is 128 Å². The van der Waals surface area contributed by atoms with Gasteiger partial charge in [-0.3, -0.25) is 4.79 Å². The second-order valence-electron chi connectivity index (χ2n) is 5.07. The van der Waals surface area contributed by atoms with Crippen LogP contribution in [0.4, 0.5) is 0 Å². The molecule has 2 aliphatic heterocycles. The number of amides is 1. The Morgan fingerprint density at radius 1 is 1.23 bits per heavy atom. The topological polar surface area (TPSA) is 70.1 Å². The summed E-state index contributed by atoms with van der Waals surface area (Å²) in [6.45, 7) is 0.533. The van der Waals surface area contributed by atoms with Crippen molar-refractivity contribution in [3.05, 3.63) is 48.7 Å². The Bertz CT molecular complexity index is 762. The molecule has 0 aliphatic carbocycles. The summed E-state index contributed by atoms with van der Waals surface area (Å²) in [5.41, 5.74) is 8.19. The highest BCUT2D eigenvalue weighted by Gasteiger charge is 2.13. The fraction of sp³-hybridized carbons (Fsp3) is 0.176. The van der Waals surface area contributed by atoms with E-state index in [1.54, 1.807) is 7.11 Å². The second-order valence-corrected chi connectivity index (χ2v) is 5.07. The van der Waals surface area contributed by atoms with Gasteiger partial charge in [-0.1, -0.05) is 0 Å². The molecule has 112 valence electrons. The van der Waals surface area contributed by atoms with Gasteiger partial charge >= 0.3 is 0 Å². The van der Waals surface area contributed by atoms with Crippen molar-refractivity contribution >= 4 is 5.91 Å². The van der Waals surface area contributed by atoms with Crippen molar-refractivity contribution < 1.29 is 9.53 Å². The van der Waals surface area contributed by atoms with Crippen LogP contribution < -0.4 is 10.5 Å². The minimum Gasteiger partial charge on any atom is -0.497 e. The van der Waals surface area contributed by atoms with Crippen LogP contribution in [0.5, 0.6) is 5.75 Å². The summed E-state index contributed by atoms with van der Waals surface area (Å²) in [6, 6.07) is 13.8. The Hall–Kier alpha value is -2.82. The third-order valence-electron chi connectivity index (χ3n) is 3.58. The minimum atomic E-state index is -0.313. The normalized spacial score (nSPS) is 10.8. The fourth-order valence-corrected chi connectivity index (χ4v) is 2.42. The quantitative estimate of drug-likeness (QED) is 0.786. The molecular formula is C17H17N3O2. The molecule has 2 heterocycles. The first-order valence-corrected chi connectivity index (χ1v) is 7.06. The van der Waals surface area contributed by atoms with Gasteiger partial charge in [0.05, 0.1) is 12.8 Å². The third kappa shape index (κ3) is 2.79. The molecule has 0 unspecified atom stereocenters. The highest BCUT2D eigenvalue weighted by molar-refractivity contribution is 5.74. The van der Waals surface area contributed by atoms with E-state index < -0.39 is 0 Å². The number of ether oxygens (including phenoxy) is 1. The van der Waals surface area contributed by atoms with Gasteiger partial charge in [-0.05, 0) is 42.5 Å². The smallest absolute Gasteiger partial charge is 0.219 e. The highest BCUT2D eigenvalue weighted by atomic mass is 16.5. The fourth-order valence-electron chi connectivity index (χ4n) is 2.42. The van der Waals surface area contributed by atoms with E-state index >= 15 is 0 Å². The number of carbonyl (C=O) groups excluding carboxylic acids is 1. The summed E-state index contributed by atoms with van der Waals surface area (Å²) in [4.78, 5) is 15.7. The molecule has 22 heavy (non-hydrogen) atoms. The van der Waals surface area contributed by atoms with Crippen molar-refractivity contribution in [2.24, 2.45) is 5.73 Å². The van der Waals surface area contributed by atoms with Crippen molar-refractivity contribution in [2.75, 3.05) is 7.11 Å². The first kappa shape index (κ1) is 14.1. The summed E-state index contributed by atoms with van der Waals surface area (Å²) in [5, 5.41) is 0. The molecule has 1 aromatic carbocycles. The van der Waals surface area contributed by atoms with Crippen molar-refractivity contribution in [1.29, 1.82) is 0 Å². The monoisotopic (exact) mass is 295 g/mol. The van der Waals surface area contributed by atoms with E-state index in [1.165, 1.54) is 0 Å². The van der Waals surface area contributed by atoms with Crippen LogP contribution in [0.15, 0.2) is 48.7 Å². The zero-order chi connectivity index (χ0) is 15.5. The van der Waals surface area contributed by atoms with Crippen LogP contribution in [-0.4, -0.2) is 22.6 Å². The number of rotatable bonds is 5. The molecule has 1 aromatic rings. The van der Waals surface area contributed by atoms with Gasteiger partial charge in [-0.2, -0.15) is 0 Å². The predicted octanol–water partition coefficient (Wildman–Crippen LogP) is 2.54. The second kappa shape index (κ2) is 5.89. The number of benzene rings is 1. The number of methoxy groups -OCH3 is 1. The van der Waals surface area contributed by atoms with E-state index in [2.05, 4.69) is 4.98 Å². The lowest BCUT2D eigenvalue weighted by molar-refractivity contribution is -0.118. The van der Waals surface area contributed by atoms with Gasteiger partial charge in [0.1, 0.15) is 11.6 Å². The Kier molecular flexibility index (Phi) is 3.78. The molecule has 1 amide bonds. The van der Waals surface area contributed by atoms with Gasteiger partial charge < -0.3 is 15.0 Å². The minimum absolute atomic E-state index is 0.300. The SMILES string of the molecule is COc1ccc(-c2cc3cccn(CCC(N)=O)c-3n2)cc1. The Morgan fingerprint density at radius 3 is 2.68 bits per heavy atom. The first-order valence-electron chi connectivity index (χ1n) is 7.06. The molecule has 0 saturated carbocycles. The van der Waals surface area contributed by atoms with Gasteiger partial charge in [0.2, 0.25) is 5.91 Å². The molecule has 5 nitrogen and oxygen atoms in total. The number of aryl methyl sites for hydroxylation is 1. The van der Waals surface area contributed by atoms with Gasteiger partial charge in [0.25, 0.3) is 0 Å². The highest BCUT2D eigenvalue weighted by Crippen LogP contribution is 2.29. The molecule has 0 radical (unpaired) electrons. The van der Waals surface area contributed by atoms with Crippen LogP contribution in [0, 0.1) is 0 Å². The number of pyridine rings is 1. The zero-order valence-electron chi connectivity index (χ0n) is 12.3.